The second-order valence-electron chi connectivity index (χ2n) is 4.69. The number of rotatable bonds is 5. The molecule has 0 aliphatic rings. The summed E-state index contributed by atoms with van der Waals surface area (Å²) in [6.45, 7) is 7.58. The number of nitrogens with one attached hydrogen (secondary N) is 1. The average Bonchev–Trinajstić information content (AvgIpc) is 2.70. The molecule has 1 aromatic carbocycles. The molecule has 0 spiro atoms. The lowest BCUT2D eigenvalue weighted by Crippen LogP contribution is -2.20. The summed E-state index contributed by atoms with van der Waals surface area (Å²) in [5, 5.41) is 3.66. The lowest BCUT2D eigenvalue weighted by atomic mass is 10.0. The Bertz CT molecular complexity index is 487. The molecule has 1 N–H and O–H groups in total. The topological polar surface area (TPSA) is 12.0 Å². The predicted octanol–water partition coefficient (Wildman–Crippen LogP) is 4.61. The number of hydrogen-bond acceptors (Lipinski definition) is 2. The third-order valence-corrected chi connectivity index (χ3v) is 4.30. The van der Waals surface area contributed by atoms with Crippen LogP contribution < -0.4 is 5.32 Å². The average molecular weight is 259 g/mol. The Labute approximate surface area is 114 Å². The van der Waals surface area contributed by atoms with Gasteiger partial charge in [-0.05, 0) is 37.5 Å². The van der Waals surface area contributed by atoms with Gasteiger partial charge in [-0.1, -0.05) is 37.3 Å². The highest BCUT2D eigenvalue weighted by Crippen LogP contribution is 2.22. The molecule has 1 aromatic heterocycles. The van der Waals surface area contributed by atoms with Gasteiger partial charge in [0.05, 0.1) is 0 Å². The van der Waals surface area contributed by atoms with E-state index in [-0.39, 0.29) is 0 Å². The fourth-order valence-corrected chi connectivity index (χ4v) is 3.22. The Kier molecular flexibility index (Phi) is 4.56. The van der Waals surface area contributed by atoms with Gasteiger partial charge in [0, 0.05) is 22.3 Å². The molecule has 2 rings (SSSR count). The summed E-state index contributed by atoms with van der Waals surface area (Å²) in [5.74, 6) is 0. The van der Waals surface area contributed by atoms with E-state index >= 15 is 0 Å². The predicted molar refractivity (Wildman–Crippen MR) is 80.1 cm³/mol. The smallest absolute Gasteiger partial charge is 0.0320 e. The highest BCUT2D eigenvalue weighted by Gasteiger charge is 2.09. The van der Waals surface area contributed by atoms with E-state index in [1.54, 1.807) is 0 Å². The van der Waals surface area contributed by atoms with Gasteiger partial charge in [0.2, 0.25) is 0 Å². The molecule has 2 aromatic rings. The molecule has 1 unspecified atom stereocenters. The molecular weight excluding hydrogens is 238 g/mol. The Balaban J connectivity index is 2.02. The Morgan fingerprint density at radius 1 is 1.17 bits per heavy atom. The van der Waals surface area contributed by atoms with Crippen molar-refractivity contribution >= 4 is 11.3 Å². The summed E-state index contributed by atoms with van der Waals surface area (Å²) < 4.78 is 0. The summed E-state index contributed by atoms with van der Waals surface area (Å²) in [6.07, 6.45) is 1.12. The molecule has 1 nitrogen and oxygen atoms in total. The van der Waals surface area contributed by atoms with Crippen molar-refractivity contribution in [3.05, 3.63) is 57.3 Å². The molecule has 0 bridgehead atoms. The zero-order valence-corrected chi connectivity index (χ0v) is 12.2. The van der Waals surface area contributed by atoms with E-state index in [1.165, 1.54) is 20.9 Å². The molecule has 0 amide bonds. The molecule has 0 aliphatic heterocycles. The quantitative estimate of drug-likeness (QED) is 0.827. The maximum atomic E-state index is 3.66. The van der Waals surface area contributed by atoms with E-state index in [1.807, 2.05) is 11.3 Å². The standard InChI is InChI=1S/C16H21NS/c1-4-16(14-8-6-5-7-9-14)17-11-15-10-12(2)18-13(15)3/h5-10,16-17H,4,11H2,1-3H3. The Morgan fingerprint density at radius 2 is 1.89 bits per heavy atom. The Hall–Kier alpha value is -1.12. The van der Waals surface area contributed by atoms with Gasteiger partial charge in [-0.15, -0.1) is 11.3 Å². The molecule has 0 radical (unpaired) electrons. The maximum Gasteiger partial charge on any atom is 0.0320 e. The van der Waals surface area contributed by atoms with Crippen LogP contribution in [0.4, 0.5) is 0 Å². The van der Waals surface area contributed by atoms with Crippen molar-refractivity contribution in [1.29, 1.82) is 0 Å². The molecule has 1 heterocycles. The van der Waals surface area contributed by atoms with Gasteiger partial charge in [0.1, 0.15) is 0 Å². The van der Waals surface area contributed by atoms with Crippen LogP contribution in [0.5, 0.6) is 0 Å². The van der Waals surface area contributed by atoms with Gasteiger partial charge < -0.3 is 5.32 Å². The molecule has 0 saturated heterocycles. The van der Waals surface area contributed by atoms with Gasteiger partial charge in [0.25, 0.3) is 0 Å². The summed E-state index contributed by atoms with van der Waals surface area (Å²) in [7, 11) is 0. The number of hydrogen-bond donors (Lipinski definition) is 1. The molecule has 2 heteroatoms. The zero-order chi connectivity index (χ0) is 13.0. The van der Waals surface area contributed by atoms with Crippen molar-refractivity contribution < 1.29 is 0 Å². The van der Waals surface area contributed by atoms with E-state index in [9.17, 15) is 0 Å². The Morgan fingerprint density at radius 3 is 2.44 bits per heavy atom. The first kappa shape index (κ1) is 13.3. The van der Waals surface area contributed by atoms with Gasteiger partial charge in [-0.25, -0.2) is 0 Å². The lowest BCUT2D eigenvalue weighted by molar-refractivity contribution is 0.519. The summed E-state index contributed by atoms with van der Waals surface area (Å²) in [4.78, 5) is 2.83. The minimum absolute atomic E-state index is 0.450. The molecule has 0 fully saturated rings. The highest BCUT2D eigenvalue weighted by molar-refractivity contribution is 7.12. The van der Waals surface area contributed by atoms with Crippen molar-refractivity contribution in [3.63, 3.8) is 0 Å². The van der Waals surface area contributed by atoms with Crippen LogP contribution in [0.3, 0.4) is 0 Å². The van der Waals surface area contributed by atoms with Crippen LogP contribution in [0.2, 0.25) is 0 Å². The van der Waals surface area contributed by atoms with Gasteiger partial charge >= 0.3 is 0 Å². The first-order chi connectivity index (χ1) is 8.70. The third kappa shape index (κ3) is 3.21. The zero-order valence-electron chi connectivity index (χ0n) is 11.4. The molecule has 96 valence electrons. The van der Waals surface area contributed by atoms with E-state index in [0.717, 1.165) is 13.0 Å². The SMILES string of the molecule is CCC(NCc1cc(C)sc1C)c1ccccc1. The maximum absolute atomic E-state index is 3.66. The first-order valence-electron chi connectivity index (χ1n) is 6.55. The van der Waals surface area contributed by atoms with Crippen LogP contribution in [0, 0.1) is 13.8 Å². The second-order valence-corrected chi connectivity index (χ2v) is 6.15. The normalized spacial score (nSPS) is 12.6. The molecule has 1 atom stereocenters. The largest absolute Gasteiger partial charge is 0.306 e. The van der Waals surface area contributed by atoms with Crippen LogP contribution >= 0.6 is 11.3 Å². The molecule has 0 aliphatic carbocycles. The van der Waals surface area contributed by atoms with Crippen LogP contribution in [-0.4, -0.2) is 0 Å². The van der Waals surface area contributed by atoms with E-state index in [4.69, 9.17) is 0 Å². The monoisotopic (exact) mass is 259 g/mol. The summed E-state index contributed by atoms with van der Waals surface area (Å²) in [5.41, 5.74) is 2.82. The number of thiophene rings is 1. The molecular formula is C16H21NS. The third-order valence-electron chi connectivity index (χ3n) is 3.29. The van der Waals surface area contributed by atoms with Gasteiger partial charge in [-0.3, -0.25) is 0 Å². The van der Waals surface area contributed by atoms with Gasteiger partial charge in [-0.2, -0.15) is 0 Å². The van der Waals surface area contributed by atoms with Gasteiger partial charge in [0.15, 0.2) is 0 Å². The van der Waals surface area contributed by atoms with E-state index in [0.29, 0.717) is 6.04 Å². The minimum Gasteiger partial charge on any atom is -0.306 e. The lowest BCUT2D eigenvalue weighted by Gasteiger charge is -2.17. The number of aryl methyl sites for hydroxylation is 2. The number of benzene rings is 1. The van der Waals surface area contributed by atoms with Crippen molar-refractivity contribution in [2.24, 2.45) is 0 Å². The van der Waals surface area contributed by atoms with Crippen LogP contribution in [0.15, 0.2) is 36.4 Å². The van der Waals surface area contributed by atoms with Crippen LogP contribution in [-0.2, 0) is 6.54 Å². The van der Waals surface area contributed by atoms with Crippen molar-refractivity contribution in [1.82, 2.24) is 5.32 Å². The molecule has 0 saturated carbocycles. The fraction of sp³-hybridized carbons (Fsp3) is 0.375. The van der Waals surface area contributed by atoms with E-state index in [2.05, 4.69) is 62.5 Å². The van der Waals surface area contributed by atoms with Crippen molar-refractivity contribution in [2.45, 2.75) is 39.8 Å². The van der Waals surface area contributed by atoms with Crippen LogP contribution in [0.25, 0.3) is 0 Å². The van der Waals surface area contributed by atoms with E-state index < -0.39 is 0 Å². The molecule has 18 heavy (non-hydrogen) atoms. The van der Waals surface area contributed by atoms with Crippen LogP contribution in [0.1, 0.15) is 40.3 Å². The van der Waals surface area contributed by atoms with Crippen molar-refractivity contribution in [3.8, 4) is 0 Å². The second kappa shape index (κ2) is 6.17. The summed E-state index contributed by atoms with van der Waals surface area (Å²) in [6, 6.07) is 13.4. The minimum atomic E-state index is 0.450. The van der Waals surface area contributed by atoms with Crippen molar-refractivity contribution in [2.75, 3.05) is 0 Å². The summed E-state index contributed by atoms with van der Waals surface area (Å²) >= 11 is 1.88. The highest BCUT2D eigenvalue weighted by atomic mass is 32.1. The first-order valence-corrected chi connectivity index (χ1v) is 7.36. The fourth-order valence-electron chi connectivity index (χ4n) is 2.28.